The lowest BCUT2D eigenvalue weighted by molar-refractivity contribution is 0.102. The van der Waals surface area contributed by atoms with Gasteiger partial charge in [-0.3, -0.25) is 4.79 Å². The second kappa shape index (κ2) is 7.21. The van der Waals surface area contributed by atoms with Gasteiger partial charge in [-0.15, -0.1) is 21.5 Å². The molecule has 1 amide bonds. The van der Waals surface area contributed by atoms with Gasteiger partial charge in [-0.1, -0.05) is 12.1 Å². The molecule has 132 valence electrons. The Labute approximate surface area is 155 Å². The van der Waals surface area contributed by atoms with Crippen LogP contribution in [-0.4, -0.2) is 34.2 Å². The monoisotopic (exact) mass is 365 g/mol. The zero-order chi connectivity index (χ0) is 17.9. The Balaban J connectivity index is 1.47. The number of benzene rings is 1. The lowest BCUT2D eigenvalue weighted by Gasteiger charge is -2.15. The molecule has 1 aliphatic rings. The molecule has 1 aliphatic heterocycles. The predicted octanol–water partition coefficient (Wildman–Crippen LogP) is 3.76. The summed E-state index contributed by atoms with van der Waals surface area (Å²) in [6, 6.07) is 11.2. The number of carbonyl (C=O) groups excluding carboxylic acids is 1. The van der Waals surface area contributed by atoms with Gasteiger partial charge in [-0.2, -0.15) is 0 Å². The number of aryl methyl sites for hydroxylation is 1. The Morgan fingerprint density at radius 2 is 2.00 bits per heavy atom. The molecule has 2 aromatic heterocycles. The fourth-order valence-electron chi connectivity index (χ4n) is 3.01. The maximum absolute atomic E-state index is 12.5. The van der Waals surface area contributed by atoms with E-state index in [2.05, 4.69) is 25.4 Å². The van der Waals surface area contributed by atoms with E-state index in [-0.39, 0.29) is 5.91 Å². The summed E-state index contributed by atoms with van der Waals surface area (Å²) >= 11 is 1.61. The van der Waals surface area contributed by atoms with Crippen molar-refractivity contribution >= 4 is 28.7 Å². The Kier molecular flexibility index (Phi) is 4.62. The highest BCUT2D eigenvalue weighted by molar-refractivity contribution is 7.09. The maximum Gasteiger partial charge on any atom is 0.276 e. The molecule has 4 rings (SSSR count). The minimum Gasteiger partial charge on any atom is -0.355 e. The smallest absolute Gasteiger partial charge is 0.276 e. The third kappa shape index (κ3) is 3.57. The van der Waals surface area contributed by atoms with Gasteiger partial charge >= 0.3 is 0 Å². The van der Waals surface area contributed by atoms with Gasteiger partial charge in [0.15, 0.2) is 11.5 Å². The number of hydrogen-bond acceptors (Lipinski definition) is 6. The largest absolute Gasteiger partial charge is 0.355 e. The number of anilines is 2. The first-order valence-corrected chi connectivity index (χ1v) is 9.49. The maximum atomic E-state index is 12.5. The summed E-state index contributed by atoms with van der Waals surface area (Å²) in [5, 5.41) is 14.2. The molecule has 7 heteroatoms. The van der Waals surface area contributed by atoms with E-state index in [9.17, 15) is 4.79 Å². The van der Waals surface area contributed by atoms with E-state index in [4.69, 9.17) is 0 Å². The molecule has 1 aromatic carbocycles. The quantitative estimate of drug-likeness (QED) is 0.762. The van der Waals surface area contributed by atoms with Gasteiger partial charge < -0.3 is 10.2 Å². The van der Waals surface area contributed by atoms with Gasteiger partial charge in [-0.05, 0) is 44.0 Å². The fraction of sp³-hybridized carbons (Fsp3) is 0.263. The van der Waals surface area contributed by atoms with Crippen LogP contribution >= 0.6 is 11.3 Å². The van der Waals surface area contributed by atoms with Crippen LogP contribution < -0.4 is 10.2 Å². The lowest BCUT2D eigenvalue weighted by atomic mass is 10.1. The second-order valence-electron chi connectivity index (χ2n) is 6.26. The molecule has 1 saturated heterocycles. The van der Waals surface area contributed by atoms with Crippen molar-refractivity contribution < 1.29 is 4.79 Å². The number of aromatic nitrogens is 3. The molecule has 0 unspecified atom stereocenters. The predicted molar refractivity (Wildman–Crippen MR) is 104 cm³/mol. The van der Waals surface area contributed by atoms with E-state index < -0.39 is 0 Å². The Hall–Kier alpha value is -2.80. The van der Waals surface area contributed by atoms with Crippen LogP contribution in [0.15, 0.2) is 41.8 Å². The summed E-state index contributed by atoms with van der Waals surface area (Å²) in [4.78, 5) is 19.1. The van der Waals surface area contributed by atoms with Crippen molar-refractivity contribution in [1.82, 2.24) is 15.2 Å². The van der Waals surface area contributed by atoms with E-state index in [1.54, 1.807) is 17.4 Å². The molecular formula is C19H19N5OS. The zero-order valence-electron chi connectivity index (χ0n) is 14.5. The molecule has 6 nitrogen and oxygen atoms in total. The number of amides is 1. The third-order valence-corrected chi connectivity index (χ3v) is 5.12. The van der Waals surface area contributed by atoms with Gasteiger partial charge in [0.1, 0.15) is 0 Å². The molecular weight excluding hydrogens is 346 g/mol. The molecule has 0 atom stereocenters. The first-order chi connectivity index (χ1) is 12.7. The molecule has 3 aromatic rings. The number of nitrogens with zero attached hydrogens (tertiary/aromatic N) is 4. The van der Waals surface area contributed by atoms with E-state index in [1.807, 2.05) is 42.6 Å². The van der Waals surface area contributed by atoms with Crippen molar-refractivity contribution in [1.29, 1.82) is 0 Å². The Bertz CT molecular complexity index is 916. The summed E-state index contributed by atoms with van der Waals surface area (Å²) < 4.78 is 0. The first-order valence-electron chi connectivity index (χ1n) is 8.62. The van der Waals surface area contributed by atoms with Crippen molar-refractivity contribution in [2.75, 3.05) is 23.3 Å². The zero-order valence-corrected chi connectivity index (χ0v) is 15.3. The summed E-state index contributed by atoms with van der Waals surface area (Å²) in [6.07, 6.45) is 2.36. The van der Waals surface area contributed by atoms with Crippen LogP contribution in [0.4, 0.5) is 11.5 Å². The van der Waals surface area contributed by atoms with Gasteiger partial charge in [0.2, 0.25) is 0 Å². The number of hydrogen-bond donors (Lipinski definition) is 1. The van der Waals surface area contributed by atoms with E-state index >= 15 is 0 Å². The van der Waals surface area contributed by atoms with Crippen molar-refractivity contribution in [3.63, 3.8) is 0 Å². The summed E-state index contributed by atoms with van der Waals surface area (Å²) in [5.41, 5.74) is 2.91. The molecule has 0 aliphatic carbocycles. The van der Waals surface area contributed by atoms with Crippen LogP contribution in [0.25, 0.3) is 11.3 Å². The molecule has 3 heterocycles. The highest BCUT2D eigenvalue weighted by Gasteiger charge is 2.15. The van der Waals surface area contributed by atoms with Gasteiger partial charge in [-0.25, -0.2) is 4.98 Å². The van der Waals surface area contributed by atoms with Crippen molar-refractivity contribution in [2.45, 2.75) is 19.8 Å². The molecule has 1 fully saturated rings. The molecule has 0 bridgehead atoms. The van der Waals surface area contributed by atoms with Crippen LogP contribution in [0.5, 0.6) is 0 Å². The van der Waals surface area contributed by atoms with Crippen molar-refractivity contribution in [2.24, 2.45) is 0 Å². The minimum atomic E-state index is -0.267. The van der Waals surface area contributed by atoms with Gasteiger partial charge in [0.25, 0.3) is 5.91 Å². The van der Waals surface area contributed by atoms with E-state index in [1.165, 1.54) is 12.8 Å². The van der Waals surface area contributed by atoms with Crippen LogP contribution in [-0.2, 0) is 0 Å². The first kappa shape index (κ1) is 16.7. The van der Waals surface area contributed by atoms with Crippen LogP contribution in [0.3, 0.4) is 0 Å². The van der Waals surface area contributed by atoms with Crippen molar-refractivity contribution in [3.05, 3.63) is 52.5 Å². The second-order valence-corrected chi connectivity index (χ2v) is 7.32. The van der Waals surface area contributed by atoms with Crippen LogP contribution in [0.1, 0.15) is 28.3 Å². The SMILES string of the molecule is Cc1nc(-c2cccc(NC(=O)c3ccc(N4CCCC4)nn3)c2)cs1. The molecule has 0 spiro atoms. The highest BCUT2D eigenvalue weighted by atomic mass is 32.1. The van der Waals surface area contributed by atoms with Gasteiger partial charge in [0, 0.05) is 29.7 Å². The number of nitrogens with one attached hydrogen (secondary N) is 1. The van der Waals surface area contributed by atoms with Crippen LogP contribution in [0, 0.1) is 6.92 Å². The standard InChI is InChI=1S/C19H19N5OS/c1-13-20-17(12-26-13)14-5-4-6-15(11-14)21-19(25)16-7-8-18(23-22-16)24-9-2-3-10-24/h4-8,11-12H,2-3,9-10H2,1H3,(H,21,25). The number of carbonyl (C=O) groups is 1. The average Bonchev–Trinajstić information content (AvgIpc) is 3.34. The Morgan fingerprint density at radius 3 is 2.69 bits per heavy atom. The molecule has 0 saturated carbocycles. The Morgan fingerprint density at radius 1 is 1.15 bits per heavy atom. The van der Waals surface area contributed by atoms with E-state index in [0.29, 0.717) is 11.4 Å². The molecule has 0 radical (unpaired) electrons. The fourth-order valence-corrected chi connectivity index (χ4v) is 3.63. The lowest BCUT2D eigenvalue weighted by Crippen LogP contribution is -2.21. The van der Waals surface area contributed by atoms with Crippen LogP contribution in [0.2, 0.25) is 0 Å². The number of rotatable bonds is 4. The highest BCUT2D eigenvalue weighted by Crippen LogP contribution is 2.24. The van der Waals surface area contributed by atoms with Crippen molar-refractivity contribution in [3.8, 4) is 11.3 Å². The molecule has 26 heavy (non-hydrogen) atoms. The van der Waals surface area contributed by atoms with Gasteiger partial charge in [0.05, 0.1) is 10.7 Å². The molecule has 1 N–H and O–H groups in total. The van der Waals surface area contributed by atoms with E-state index in [0.717, 1.165) is 35.2 Å². The summed E-state index contributed by atoms with van der Waals surface area (Å²) in [5.74, 6) is 0.567. The summed E-state index contributed by atoms with van der Waals surface area (Å²) in [6.45, 7) is 3.98. The average molecular weight is 365 g/mol. The summed E-state index contributed by atoms with van der Waals surface area (Å²) in [7, 11) is 0. The topological polar surface area (TPSA) is 71.0 Å². The minimum absolute atomic E-state index is 0.267. The third-order valence-electron chi connectivity index (χ3n) is 4.35. The number of thiazole rings is 1. The normalized spacial score (nSPS) is 13.8.